The van der Waals surface area contributed by atoms with E-state index in [0.717, 1.165) is 24.3 Å². The van der Waals surface area contributed by atoms with Crippen molar-refractivity contribution in [2.75, 3.05) is 6.54 Å². The van der Waals surface area contributed by atoms with Gasteiger partial charge in [0.15, 0.2) is 0 Å². The van der Waals surface area contributed by atoms with Crippen molar-refractivity contribution in [2.45, 2.75) is 13.0 Å². The van der Waals surface area contributed by atoms with Crippen molar-refractivity contribution < 1.29 is 9.21 Å². The number of rotatable bonds is 2. The fourth-order valence-corrected chi connectivity index (χ4v) is 2.19. The maximum absolute atomic E-state index is 12.1. The van der Waals surface area contributed by atoms with E-state index >= 15 is 0 Å². The average Bonchev–Trinajstić information content (AvgIpc) is 2.83. The molecule has 0 atom stereocenters. The first-order valence-corrected chi connectivity index (χ1v) is 5.74. The second-order valence-corrected chi connectivity index (χ2v) is 4.22. The van der Waals surface area contributed by atoms with Crippen molar-refractivity contribution in [1.29, 1.82) is 0 Å². The van der Waals surface area contributed by atoms with Crippen LogP contribution in [-0.4, -0.2) is 17.4 Å². The first-order valence-electron chi connectivity index (χ1n) is 5.74. The molecule has 0 saturated heterocycles. The summed E-state index contributed by atoms with van der Waals surface area (Å²) in [5.74, 6) is 0.892. The number of carbonyl (C=O) groups excluding carboxylic acids is 1. The molecule has 86 valence electrons. The Morgan fingerprint density at radius 1 is 1.18 bits per heavy atom. The normalized spacial score (nSPS) is 14.8. The van der Waals surface area contributed by atoms with Crippen LogP contribution < -0.4 is 0 Å². The number of benzene rings is 1. The fraction of sp³-hybridized carbons (Fsp3) is 0.214. The van der Waals surface area contributed by atoms with E-state index in [1.54, 1.807) is 12.3 Å². The molecule has 1 aliphatic heterocycles. The molecule has 0 aliphatic carbocycles. The molecular weight excluding hydrogens is 214 g/mol. The van der Waals surface area contributed by atoms with Crippen LogP contribution in [0.4, 0.5) is 0 Å². The van der Waals surface area contributed by atoms with Crippen molar-refractivity contribution in [3.05, 3.63) is 59.5 Å². The predicted molar refractivity (Wildman–Crippen MR) is 63.6 cm³/mol. The summed E-state index contributed by atoms with van der Waals surface area (Å²) >= 11 is 0. The molecular formula is C14H13NO2. The third kappa shape index (κ3) is 1.84. The van der Waals surface area contributed by atoms with Gasteiger partial charge >= 0.3 is 0 Å². The highest BCUT2D eigenvalue weighted by atomic mass is 16.3. The van der Waals surface area contributed by atoms with Crippen molar-refractivity contribution in [1.82, 2.24) is 4.90 Å². The number of hydrogen-bond acceptors (Lipinski definition) is 2. The second-order valence-electron chi connectivity index (χ2n) is 4.22. The van der Waals surface area contributed by atoms with Crippen LogP contribution in [0.3, 0.4) is 0 Å². The summed E-state index contributed by atoms with van der Waals surface area (Å²) in [5, 5.41) is 0. The van der Waals surface area contributed by atoms with Gasteiger partial charge in [0.25, 0.3) is 5.91 Å². The third-order valence-electron chi connectivity index (χ3n) is 3.09. The molecule has 2 aromatic rings. The highest BCUT2D eigenvalue weighted by Crippen LogP contribution is 2.21. The smallest absolute Gasteiger partial charge is 0.257 e. The SMILES string of the molecule is O=C1c2ccoc2CCN1Cc1ccccc1. The number of carbonyl (C=O) groups is 1. The Hall–Kier alpha value is -2.03. The van der Waals surface area contributed by atoms with Crippen molar-refractivity contribution in [3.8, 4) is 0 Å². The lowest BCUT2D eigenvalue weighted by Gasteiger charge is -2.26. The largest absolute Gasteiger partial charge is 0.468 e. The zero-order chi connectivity index (χ0) is 11.7. The molecule has 1 aliphatic rings. The molecule has 1 aromatic carbocycles. The van der Waals surface area contributed by atoms with Crippen LogP contribution in [-0.2, 0) is 13.0 Å². The van der Waals surface area contributed by atoms with Gasteiger partial charge in [-0.3, -0.25) is 4.79 Å². The zero-order valence-corrected chi connectivity index (χ0v) is 9.43. The number of fused-ring (bicyclic) bond motifs is 1. The van der Waals surface area contributed by atoms with E-state index in [4.69, 9.17) is 4.42 Å². The Morgan fingerprint density at radius 2 is 2.00 bits per heavy atom. The van der Waals surface area contributed by atoms with E-state index in [1.807, 2.05) is 35.2 Å². The summed E-state index contributed by atoms with van der Waals surface area (Å²) in [6.07, 6.45) is 2.40. The van der Waals surface area contributed by atoms with Gasteiger partial charge in [-0.05, 0) is 11.6 Å². The fourth-order valence-electron chi connectivity index (χ4n) is 2.19. The van der Waals surface area contributed by atoms with Crippen LogP contribution in [0, 0.1) is 0 Å². The lowest BCUT2D eigenvalue weighted by atomic mass is 10.1. The summed E-state index contributed by atoms with van der Waals surface area (Å²) in [6.45, 7) is 1.40. The molecule has 2 heterocycles. The Balaban J connectivity index is 1.81. The highest BCUT2D eigenvalue weighted by molar-refractivity contribution is 5.96. The molecule has 3 nitrogen and oxygen atoms in total. The molecule has 3 rings (SSSR count). The third-order valence-corrected chi connectivity index (χ3v) is 3.09. The maximum atomic E-state index is 12.1. The van der Waals surface area contributed by atoms with E-state index in [1.165, 1.54) is 0 Å². The van der Waals surface area contributed by atoms with Gasteiger partial charge < -0.3 is 9.32 Å². The van der Waals surface area contributed by atoms with Gasteiger partial charge in [-0.1, -0.05) is 30.3 Å². The predicted octanol–water partition coefficient (Wildman–Crippen LogP) is 2.48. The molecule has 17 heavy (non-hydrogen) atoms. The van der Waals surface area contributed by atoms with Crippen LogP contribution in [0.25, 0.3) is 0 Å². The van der Waals surface area contributed by atoms with Gasteiger partial charge in [0, 0.05) is 19.5 Å². The molecule has 0 radical (unpaired) electrons. The maximum Gasteiger partial charge on any atom is 0.257 e. The van der Waals surface area contributed by atoms with Gasteiger partial charge in [-0.15, -0.1) is 0 Å². The van der Waals surface area contributed by atoms with Gasteiger partial charge in [-0.2, -0.15) is 0 Å². The van der Waals surface area contributed by atoms with E-state index in [0.29, 0.717) is 12.1 Å². The van der Waals surface area contributed by atoms with Gasteiger partial charge in [0.05, 0.1) is 11.8 Å². The number of nitrogens with zero attached hydrogens (tertiary/aromatic N) is 1. The van der Waals surface area contributed by atoms with Crippen LogP contribution >= 0.6 is 0 Å². The van der Waals surface area contributed by atoms with E-state index in [2.05, 4.69) is 0 Å². The molecule has 0 bridgehead atoms. The summed E-state index contributed by atoms with van der Waals surface area (Å²) in [6, 6.07) is 11.8. The Kier molecular flexibility index (Phi) is 2.44. The van der Waals surface area contributed by atoms with E-state index < -0.39 is 0 Å². The summed E-state index contributed by atoms with van der Waals surface area (Å²) in [4.78, 5) is 14.0. The van der Waals surface area contributed by atoms with Crippen molar-refractivity contribution in [3.63, 3.8) is 0 Å². The standard InChI is InChI=1S/C14H13NO2/c16-14-12-7-9-17-13(12)6-8-15(14)10-11-4-2-1-3-5-11/h1-5,7,9H,6,8,10H2. The van der Waals surface area contributed by atoms with Crippen LogP contribution in [0.5, 0.6) is 0 Å². The minimum atomic E-state index is 0.0730. The van der Waals surface area contributed by atoms with Crippen molar-refractivity contribution in [2.24, 2.45) is 0 Å². The monoisotopic (exact) mass is 227 g/mol. The quantitative estimate of drug-likeness (QED) is 0.789. The lowest BCUT2D eigenvalue weighted by Crippen LogP contribution is -2.36. The summed E-state index contributed by atoms with van der Waals surface area (Å²) in [5.41, 5.74) is 1.87. The topological polar surface area (TPSA) is 33.5 Å². The average molecular weight is 227 g/mol. The minimum Gasteiger partial charge on any atom is -0.468 e. The Labute approximate surface area is 99.7 Å². The molecule has 0 unspecified atom stereocenters. The van der Waals surface area contributed by atoms with Gasteiger partial charge in [0.2, 0.25) is 0 Å². The number of furan rings is 1. The zero-order valence-electron chi connectivity index (χ0n) is 9.43. The lowest BCUT2D eigenvalue weighted by molar-refractivity contribution is 0.0720. The van der Waals surface area contributed by atoms with E-state index in [-0.39, 0.29) is 5.91 Å². The van der Waals surface area contributed by atoms with Gasteiger partial charge in [-0.25, -0.2) is 0 Å². The minimum absolute atomic E-state index is 0.0730. The molecule has 1 amide bonds. The molecule has 0 N–H and O–H groups in total. The Bertz CT molecular complexity index is 530. The van der Waals surface area contributed by atoms with E-state index in [9.17, 15) is 4.79 Å². The van der Waals surface area contributed by atoms with Crippen molar-refractivity contribution >= 4 is 5.91 Å². The number of amides is 1. The molecule has 0 spiro atoms. The molecule has 3 heteroatoms. The molecule has 0 saturated carbocycles. The summed E-state index contributed by atoms with van der Waals surface area (Å²) in [7, 11) is 0. The van der Waals surface area contributed by atoms with Crippen LogP contribution in [0.1, 0.15) is 21.7 Å². The summed E-state index contributed by atoms with van der Waals surface area (Å²) < 4.78 is 5.28. The van der Waals surface area contributed by atoms with Crippen LogP contribution in [0.2, 0.25) is 0 Å². The number of hydrogen-bond donors (Lipinski definition) is 0. The van der Waals surface area contributed by atoms with Crippen LogP contribution in [0.15, 0.2) is 47.1 Å². The van der Waals surface area contributed by atoms with Gasteiger partial charge in [0.1, 0.15) is 5.76 Å². The molecule has 1 aromatic heterocycles. The Morgan fingerprint density at radius 3 is 2.82 bits per heavy atom. The molecule has 0 fully saturated rings. The second kappa shape index (κ2) is 4.09. The first kappa shape index (κ1) is 10.1. The highest BCUT2D eigenvalue weighted by Gasteiger charge is 2.26. The first-order chi connectivity index (χ1) is 8.34.